The lowest BCUT2D eigenvalue weighted by molar-refractivity contribution is -0.144. The third-order valence-corrected chi connectivity index (χ3v) is 3.82. The number of hydrogen-bond donors (Lipinski definition) is 1. The molecule has 4 nitrogen and oxygen atoms in total. The van der Waals surface area contributed by atoms with Crippen LogP contribution in [0.1, 0.15) is 5.56 Å². The van der Waals surface area contributed by atoms with Gasteiger partial charge in [0.15, 0.2) is 6.61 Å². The van der Waals surface area contributed by atoms with Crippen molar-refractivity contribution in [2.75, 3.05) is 17.7 Å². The summed E-state index contributed by atoms with van der Waals surface area (Å²) in [5.41, 5.74) is 1.68. The van der Waals surface area contributed by atoms with Gasteiger partial charge in [0.1, 0.15) is 5.82 Å². The number of anilines is 1. The van der Waals surface area contributed by atoms with Crippen molar-refractivity contribution in [2.45, 2.75) is 11.8 Å². The molecule has 1 amide bonds. The zero-order valence-electron chi connectivity index (χ0n) is 12.5. The van der Waals surface area contributed by atoms with E-state index in [1.54, 1.807) is 18.2 Å². The van der Waals surface area contributed by atoms with Gasteiger partial charge in [-0.1, -0.05) is 12.1 Å². The number of amides is 1. The molecule has 0 fully saturated rings. The number of esters is 1. The van der Waals surface area contributed by atoms with E-state index in [-0.39, 0.29) is 18.2 Å². The minimum atomic E-state index is -0.501. The van der Waals surface area contributed by atoms with Crippen LogP contribution in [0.3, 0.4) is 0 Å². The first-order valence-electron chi connectivity index (χ1n) is 6.93. The van der Waals surface area contributed by atoms with E-state index in [1.165, 1.54) is 23.9 Å². The van der Waals surface area contributed by atoms with Crippen molar-refractivity contribution < 1.29 is 18.7 Å². The number of rotatable bonds is 6. The van der Waals surface area contributed by atoms with Gasteiger partial charge >= 0.3 is 5.97 Å². The standard InChI is InChI=1S/C17H16FNO3S/c1-12-3-2-4-14(9-12)19-16(20)10-22-17(21)11-23-15-7-5-13(18)6-8-15/h2-9H,10-11H2,1H3,(H,19,20). The zero-order valence-corrected chi connectivity index (χ0v) is 13.4. The van der Waals surface area contributed by atoms with Gasteiger partial charge in [-0.15, -0.1) is 11.8 Å². The highest BCUT2D eigenvalue weighted by Gasteiger charge is 2.09. The molecule has 2 aromatic rings. The average Bonchev–Trinajstić information content (AvgIpc) is 2.52. The minimum Gasteiger partial charge on any atom is -0.455 e. The summed E-state index contributed by atoms with van der Waals surface area (Å²) in [6.07, 6.45) is 0. The van der Waals surface area contributed by atoms with E-state index in [4.69, 9.17) is 4.74 Å². The smallest absolute Gasteiger partial charge is 0.316 e. The molecule has 6 heteroatoms. The summed E-state index contributed by atoms with van der Waals surface area (Å²) >= 11 is 1.22. The lowest BCUT2D eigenvalue weighted by Gasteiger charge is -2.07. The van der Waals surface area contributed by atoms with Gasteiger partial charge in [0.05, 0.1) is 5.75 Å². The van der Waals surface area contributed by atoms with Crippen LogP contribution in [0.5, 0.6) is 0 Å². The van der Waals surface area contributed by atoms with Crippen LogP contribution < -0.4 is 5.32 Å². The lowest BCUT2D eigenvalue weighted by Crippen LogP contribution is -2.21. The monoisotopic (exact) mass is 333 g/mol. The predicted molar refractivity (Wildman–Crippen MR) is 87.9 cm³/mol. The molecule has 0 aliphatic heterocycles. The Hall–Kier alpha value is -2.34. The van der Waals surface area contributed by atoms with Crippen molar-refractivity contribution in [2.24, 2.45) is 0 Å². The van der Waals surface area contributed by atoms with Crippen LogP contribution in [0, 0.1) is 12.7 Å². The molecule has 0 spiro atoms. The number of carbonyl (C=O) groups excluding carboxylic acids is 2. The van der Waals surface area contributed by atoms with Gasteiger partial charge in [0, 0.05) is 10.6 Å². The fraction of sp³-hybridized carbons (Fsp3) is 0.176. The summed E-state index contributed by atoms with van der Waals surface area (Å²) in [5.74, 6) is -1.16. The Bertz CT molecular complexity index is 688. The third-order valence-electron chi connectivity index (χ3n) is 2.84. The molecule has 23 heavy (non-hydrogen) atoms. The second-order valence-corrected chi connectivity index (χ2v) is 5.87. The van der Waals surface area contributed by atoms with Gasteiger partial charge in [-0.05, 0) is 48.9 Å². The predicted octanol–water partition coefficient (Wildman–Crippen LogP) is 3.41. The Labute approximate surface area is 138 Å². The Morgan fingerprint density at radius 1 is 1.17 bits per heavy atom. The number of nitrogens with one attached hydrogen (secondary N) is 1. The van der Waals surface area contributed by atoms with E-state index in [9.17, 15) is 14.0 Å². The molecule has 0 radical (unpaired) electrons. The Kier molecular flexibility index (Phi) is 6.17. The fourth-order valence-electron chi connectivity index (χ4n) is 1.78. The third kappa shape index (κ3) is 6.12. The van der Waals surface area contributed by atoms with Gasteiger partial charge in [0.25, 0.3) is 5.91 Å². The first-order valence-corrected chi connectivity index (χ1v) is 7.92. The van der Waals surface area contributed by atoms with Crippen molar-refractivity contribution in [1.82, 2.24) is 0 Å². The maximum Gasteiger partial charge on any atom is 0.316 e. The number of ether oxygens (including phenoxy) is 1. The van der Waals surface area contributed by atoms with Crippen LogP contribution in [0.4, 0.5) is 10.1 Å². The second kappa shape index (κ2) is 8.33. The number of thioether (sulfide) groups is 1. The van der Waals surface area contributed by atoms with Crippen molar-refractivity contribution in [1.29, 1.82) is 0 Å². The lowest BCUT2D eigenvalue weighted by atomic mass is 10.2. The van der Waals surface area contributed by atoms with Crippen LogP contribution in [-0.4, -0.2) is 24.2 Å². The van der Waals surface area contributed by atoms with E-state index in [2.05, 4.69) is 5.32 Å². The molecule has 0 aromatic heterocycles. The largest absolute Gasteiger partial charge is 0.455 e. The number of halogens is 1. The molecule has 0 saturated heterocycles. The molecule has 2 rings (SSSR count). The molecule has 0 aliphatic rings. The Morgan fingerprint density at radius 3 is 2.61 bits per heavy atom. The molecule has 2 aromatic carbocycles. The zero-order chi connectivity index (χ0) is 16.7. The van der Waals surface area contributed by atoms with Gasteiger partial charge in [-0.3, -0.25) is 9.59 Å². The first-order chi connectivity index (χ1) is 11.0. The first kappa shape index (κ1) is 17.0. The molecule has 0 heterocycles. The number of benzene rings is 2. The molecule has 120 valence electrons. The molecule has 0 atom stereocenters. The van der Waals surface area contributed by atoms with Crippen molar-refractivity contribution in [3.8, 4) is 0 Å². The summed E-state index contributed by atoms with van der Waals surface area (Å²) in [5, 5.41) is 2.65. The summed E-state index contributed by atoms with van der Waals surface area (Å²) in [6, 6.07) is 13.1. The molecule has 1 N–H and O–H groups in total. The molecule has 0 unspecified atom stereocenters. The average molecular weight is 333 g/mol. The van der Waals surface area contributed by atoms with Crippen molar-refractivity contribution >= 4 is 29.3 Å². The second-order valence-electron chi connectivity index (χ2n) is 4.82. The maximum absolute atomic E-state index is 12.8. The SMILES string of the molecule is Cc1cccc(NC(=O)COC(=O)CSc2ccc(F)cc2)c1. The van der Waals surface area contributed by atoms with E-state index >= 15 is 0 Å². The minimum absolute atomic E-state index is 0.0589. The number of hydrogen-bond acceptors (Lipinski definition) is 4. The molecular weight excluding hydrogens is 317 g/mol. The molecular formula is C17H16FNO3S. The van der Waals surface area contributed by atoms with Crippen LogP contribution in [0.25, 0.3) is 0 Å². The van der Waals surface area contributed by atoms with E-state index in [0.29, 0.717) is 5.69 Å². The number of aryl methyl sites for hydroxylation is 1. The Balaban J connectivity index is 1.71. The molecule has 0 aliphatic carbocycles. The van der Waals surface area contributed by atoms with E-state index in [1.807, 2.05) is 25.1 Å². The van der Waals surface area contributed by atoms with Crippen LogP contribution in [0.2, 0.25) is 0 Å². The van der Waals surface area contributed by atoms with Gasteiger partial charge in [-0.2, -0.15) is 0 Å². The highest BCUT2D eigenvalue weighted by molar-refractivity contribution is 8.00. The van der Waals surface area contributed by atoms with Gasteiger partial charge < -0.3 is 10.1 Å². The Morgan fingerprint density at radius 2 is 1.91 bits per heavy atom. The van der Waals surface area contributed by atoms with Crippen LogP contribution in [0.15, 0.2) is 53.4 Å². The summed E-state index contributed by atoms with van der Waals surface area (Å²) in [7, 11) is 0. The van der Waals surface area contributed by atoms with Gasteiger partial charge in [0.2, 0.25) is 0 Å². The number of carbonyl (C=O) groups is 2. The topological polar surface area (TPSA) is 55.4 Å². The van der Waals surface area contributed by atoms with Crippen molar-refractivity contribution in [3.63, 3.8) is 0 Å². The maximum atomic E-state index is 12.8. The van der Waals surface area contributed by atoms with E-state index < -0.39 is 11.9 Å². The molecule has 0 bridgehead atoms. The highest BCUT2D eigenvalue weighted by Crippen LogP contribution is 2.18. The summed E-state index contributed by atoms with van der Waals surface area (Å²) in [4.78, 5) is 24.1. The fourth-order valence-corrected chi connectivity index (χ4v) is 2.48. The highest BCUT2D eigenvalue weighted by atomic mass is 32.2. The van der Waals surface area contributed by atoms with Gasteiger partial charge in [-0.25, -0.2) is 4.39 Å². The summed E-state index contributed by atoms with van der Waals surface area (Å²) < 4.78 is 17.7. The molecule has 0 saturated carbocycles. The van der Waals surface area contributed by atoms with Crippen LogP contribution in [-0.2, 0) is 14.3 Å². The van der Waals surface area contributed by atoms with E-state index in [0.717, 1.165) is 10.5 Å². The normalized spacial score (nSPS) is 10.2. The van der Waals surface area contributed by atoms with Crippen molar-refractivity contribution in [3.05, 3.63) is 59.9 Å². The quantitative estimate of drug-likeness (QED) is 0.650. The summed E-state index contributed by atoms with van der Waals surface area (Å²) in [6.45, 7) is 1.58. The van der Waals surface area contributed by atoms with Crippen LogP contribution >= 0.6 is 11.8 Å².